The first-order chi connectivity index (χ1) is 11.2. The van der Waals surface area contributed by atoms with Gasteiger partial charge < -0.3 is 10.1 Å². The van der Waals surface area contributed by atoms with Gasteiger partial charge >= 0.3 is 0 Å². The van der Waals surface area contributed by atoms with Gasteiger partial charge in [-0.2, -0.15) is 0 Å². The summed E-state index contributed by atoms with van der Waals surface area (Å²) < 4.78 is 5.32. The lowest BCUT2D eigenvalue weighted by molar-refractivity contribution is -0.126. The lowest BCUT2D eigenvalue weighted by Crippen LogP contribution is -2.47. The molecule has 3 heterocycles. The first-order valence-corrected chi connectivity index (χ1v) is 8.48. The molecule has 0 unspecified atom stereocenters. The van der Waals surface area contributed by atoms with Crippen molar-refractivity contribution in [2.45, 2.75) is 32.5 Å². The van der Waals surface area contributed by atoms with Crippen LogP contribution in [-0.2, 0) is 24.3 Å². The largest absolute Gasteiger partial charge is 0.481 e. The topological polar surface area (TPSA) is 67.4 Å². The number of hydrogen-bond donors (Lipinski definition) is 1. The van der Waals surface area contributed by atoms with Gasteiger partial charge in [-0.05, 0) is 18.4 Å². The van der Waals surface area contributed by atoms with Gasteiger partial charge in [0.2, 0.25) is 11.8 Å². The summed E-state index contributed by atoms with van der Waals surface area (Å²) in [5.74, 6) is 0.642. The van der Waals surface area contributed by atoms with Gasteiger partial charge in [0, 0.05) is 30.0 Å². The van der Waals surface area contributed by atoms with E-state index in [4.69, 9.17) is 4.74 Å². The minimum absolute atomic E-state index is 0.0395. The highest BCUT2D eigenvalue weighted by Crippen LogP contribution is 2.25. The lowest BCUT2D eigenvalue weighted by atomic mass is 10.0. The molecular weight excluding hydrogens is 312 g/mol. The molecule has 1 N–H and O–H groups in total. The molecule has 0 saturated heterocycles. The number of fused-ring (bicyclic) bond motifs is 1. The third kappa shape index (κ3) is 3.51. The van der Waals surface area contributed by atoms with Gasteiger partial charge in [-0.15, -0.1) is 11.3 Å². The molecule has 0 saturated carbocycles. The van der Waals surface area contributed by atoms with Crippen LogP contribution in [0, 0.1) is 0 Å². The summed E-state index contributed by atoms with van der Waals surface area (Å²) in [5, 5.41) is 5.01. The third-order valence-electron chi connectivity index (χ3n) is 4.13. The molecule has 7 heteroatoms. The van der Waals surface area contributed by atoms with Gasteiger partial charge in [0.05, 0.1) is 25.4 Å². The van der Waals surface area contributed by atoms with Gasteiger partial charge in [-0.1, -0.05) is 6.07 Å². The Kier molecular flexibility index (Phi) is 4.88. The van der Waals surface area contributed by atoms with Crippen LogP contribution in [0.5, 0.6) is 5.88 Å². The molecule has 1 aliphatic rings. The van der Waals surface area contributed by atoms with Crippen molar-refractivity contribution in [1.29, 1.82) is 0 Å². The van der Waals surface area contributed by atoms with E-state index in [9.17, 15) is 4.79 Å². The number of carbonyl (C=O) groups excluding carboxylic acids is 1. The molecule has 23 heavy (non-hydrogen) atoms. The minimum atomic E-state index is -0.201. The second-order valence-corrected chi connectivity index (χ2v) is 6.53. The molecule has 0 radical (unpaired) electrons. The van der Waals surface area contributed by atoms with E-state index in [-0.39, 0.29) is 11.9 Å². The fourth-order valence-corrected chi connectivity index (χ4v) is 3.39. The van der Waals surface area contributed by atoms with Crippen LogP contribution in [0.15, 0.2) is 23.8 Å². The summed E-state index contributed by atoms with van der Waals surface area (Å²) in [7, 11) is 1.61. The summed E-state index contributed by atoms with van der Waals surface area (Å²) in [5.41, 5.74) is 2.00. The predicted molar refractivity (Wildman–Crippen MR) is 88.3 cm³/mol. The highest BCUT2D eigenvalue weighted by Gasteiger charge is 2.28. The summed E-state index contributed by atoms with van der Waals surface area (Å²) >= 11 is 1.65. The molecule has 2 aromatic heterocycles. The Morgan fingerprint density at radius 3 is 3.13 bits per heavy atom. The molecule has 1 aliphatic heterocycles. The van der Waals surface area contributed by atoms with Crippen LogP contribution in [0.3, 0.4) is 0 Å². The van der Waals surface area contributed by atoms with Crippen molar-refractivity contribution < 1.29 is 9.53 Å². The van der Waals surface area contributed by atoms with Gasteiger partial charge in [-0.25, -0.2) is 9.97 Å². The Labute approximate surface area is 139 Å². The van der Waals surface area contributed by atoms with Crippen molar-refractivity contribution in [1.82, 2.24) is 20.2 Å². The van der Waals surface area contributed by atoms with Gasteiger partial charge in [-0.3, -0.25) is 9.69 Å². The summed E-state index contributed by atoms with van der Waals surface area (Å²) in [6.45, 7) is 3.95. The van der Waals surface area contributed by atoms with Crippen LogP contribution < -0.4 is 10.1 Å². The number of ether oxygens (including phenoxy) is 1. The third-order valence-corrected chi connectivity index (χ3v) is 5.01. The Bertz CT molecular complexity index is 660. The number of hydrogen-bond acceptors (Lipinski definition) is 6. The van der Waals surface area contributed by atoms with Crippen LogP contribution in [0.4, 0.5) is 0 Å². The average molecular weight is 332 g/mol. The first-order valence-electron chi connectivity index (χ1n) is 7.60. The van der Waals surface area contributed by atoms with E-state index in [2.05, 4.69) is 20.2 Å². The number of rotatable bonds is 5. The predicted octanol–water partition coefficient (Wildman–Crippen LogP) is 1.61. The van der Waals surface area contributed by atoms with E-state index in [0.717, 1.165) is 29.1 Å². The molecule has 0 aliphatic carbocycles. The van der Waals surface area contributed by atoms with Crippen LogP contribution in [0.2, 0.25) is 0 Å². The lowest BCUT2D eigenvalue weighted by Gasteiger charge is -2.32. The van der Waals surface area contributed by atoms with Crippen molar-refractivity contribution in [2.75, 3.05) is 13.7 Å². The maximum atomic E-state index is 12.4. The number of amides is 1. The number of nitrogens with zero attached hydrogens (tertiary/aromatic N) is 3. The number of methoxy groups -OCH3 is 1. The van der Waals surface area contributed by atoms with Crippen LogP contribution >= 0.6 is 11.3 Å². The van der Waals surface area contributed by atoms with E-state index in [1.165, 1.54) is 6.33 Å². The monoisotopic (exact) mass is 332 g/mol. The van der Waals surface area contributed by atoms with Gasteiger partial charge in [0.1, 0.15) is 6.33 Å². The minimum Gasteiger partial charge on any atom is -0.481 e. The number of nitrogens with one attached hydrogen (secondary N) is 1. The van der Waals surface area contributed by atoms with Gasteiger partial charge in [0.15, 0.2) is 0 Å². The Hall–Kier alpha value is -1.99. The average Bonchev–Trinajstić information content (AvgIpc) is 3.11. The molecule has 2 aromatic rings. The zero-order valence-corrected chi connectivity index (χ0v) is 14.1. The molecule has 0 bridgehead atoms. The van der Waals surface area contributed by atoms with Gasteiger partial charge in [0.25, 0.3) is 0 Å². The molecule has 0 aromatic carbocycles. The molecule has 6 nitrogen and oxygen atoms in total. The van der Waals surface area contributed by atoms with Crippen LogP contribution in [0.1, 0.15) is 23.1 Å². The Balaban J connectivity index is 1.64. The highest BCUT2D eigenvalue weighted by molar-refractivity contribution is 7.09. The molecule has 3 rings (SSSR count). The number of thiophene rings is 1. The van der Waals surface area contributed by atoms with Crippen molar-refractivity contribution in [3.63, 3.8) is 0 Å². The molecule has 122 valence electrons. The normalized spacial score (nSPS) is 15.7. The van der Waals surface area contributed by atoms with Crippen LogP contribution in [-0.4, -0.2) is 40.5 Å². The maximum absolute atomic E-state index is 12.4. The first kappa shape index (κ1) is 15.9. The van der Waals surface area contributed by atoms with E-state index in [0.29, 0.717) is 19.0 Å². The summed E-state index contributed by atoms with van der Waals surface area (Å²) in [6, 6.07) is 3.81. The SMILES string of the molecule is COc1ncnc2c1CN([C@H](C)C(=O)NCc1cccs1)CC2. The zero-order chi connectivity index (χ0) is 16.2. The van der Waals surface area contributed by atoms with Crippen molar-refractivity contribution >= 4 is 17.2 Å². The van der Waals surface area contributed by atoms with E-state index < -0.39 is 0 Å². The molecule has 0 spiro atoms. The standard InChI is InChI=1S/C16H20N4O2S/c1-11(15(21)17-8-12-4-3-7-23-12)20-6-5-14-13(9-20)16(22-2)19-10-18-14/h3-4,7,10-11H,5-6,8-9H2,1-2H3,(H,17,21)/t11-/m1/s1. The fourth-order valence-electron chi connectivity index (χ4n) is 2.74. The van der Waals surface area contributed by atoms with E-state index in [1.807, 2.05) is 24.4 Å². The quantitative estimate of drug-likeness (QED) is 0.901. The molecular formula is C16H20N4O2S. The summed E-state index contributed by atoms with van der Waals surface area (Å²) in [6.07, 6.45) is 2.33. The molecule has 1 atom stereocenters. The zero-order valence-electron chi connectivity index (χ0n) is 13.3. The van der Waals surface area contributed by atoms with E-state index >= 15 is 0 Å². The molecule has 0 fully saturated rings. The number of aromatic nitrogens is 2. The summed E-state index contributed by atoms with van der Waals surface area (Å²) in [4.78, 5) is 24.2. The van der Waals surface area contributed by atoms with E-state index in [1.54, 1.807) is 18.4 Å². The van der Waals surface area contributed by atoms with Crippen molar-refractivity contribution in [2.24, 2.45) is 0 Å². The smallest absolute Gasteiger partial charge is 0.237 e. The van der Waals surface area contributed by atoms with Crippen molar-refractivity contribution in [3.05, 3.63) is 40.0 Å². The molecule has 1 amide bonds. The fraction of sp³-hybridized carbons (Fsp3) is 0.438. The Morgan fingerprint density at radius 1 is 1.52 bits per heavy atom. The maximum Gasteiger partial charge on any atom is 0.237 e. The Morgan fingerprint density at radius 2 is 2.39 bits per heavy atom. The van der Waals surface area contributed by atoms with Crippen LogP contribution in [0.25, 0.3) is 0 Å². The number of carbonyl (C=O) groups is 1. The second kappa shape index (κ2) is 7.06. The second-order valence-electron chi connectivity index (χ2n) is 5.50. The highest BCUT2D eigenvalue weighted by atomic mass is 32.1. The van der Waals surface area contributed by atoms with Crippen molar-refractivity contribution in [3.8, 4) is 5.88 Å².